The Kier molecular flexibility index (Phi) is 4.68. The fourth-order valence-corrected chi connectivity index (χ4v) is 5.34. The number of rotatable bonds is 4. The van der Waals surface area contributed by atoms with Gasteiger partial charge in [0.05, 0.1) is 5.75 Å². The van der Waals surface area contributed by atoms with Gasteiger partial charge in [-0.15, -0.1) is 0 Å². The van der Waals surface area contributed by atoms with Crippen LogP contribution in [-0.4, -0.2) is 49.5 Å². The Labute approximate surface area is 142 Å². The zero-order chi connectivity index (χ0) is 17.4. The predicted octanol–water partition coefficient (Wildman–Crippen LogP) is 1.35. The summed E-state index contributed by atoms with van der Waals surface area (Å²) < 4.78 is 26.9. The van der Waals surface area contributed by atoms with Gasteiger partial charge in [-0.05, 0) is 37.2 Å². The Morgan fingerprint density at radius 2 is 2.08 bits per heavy atom. The fourth-order valence-electron chi connectivity index (χ4n) is 3.82. The monoisotopic (exact) mass is 352 g/mol. The summed E-state index contributed by atoms with van der Waals surface area (Å²) in [5, 5.41) is 12.2. The summed E-state index contributed by atoms with van der Waals surface area (Å²) in [6, 6.07) is 7.07. The number of benzene rings is 1. The molecule has 132 valence electrons. The van der Waals surface area contributed by atoms with Crippen LogP contribution in [0, 0.1) is 12.3 Å². The number of hydrogen-bond acceptors (Lipinski definition) is 4. The second-order valence-corrected chi connectivity index (χ2v) is 9.09. The lowest BCUT2D eigenvalue weighted by atomic mass is 9.77. The van der Waals surface area contributed by atoms with E-state index < -0.39 is 22.0 Å². The molecule has 0 bridgehead atoms. The van der Waals surface area contributed by atoms with E-state index in [9.17, 15) is 13.2 Å². The lowest BCUT2D eigenvalue weighted by Gasteiger charge is -2.38. The number of carboxylic acids is 1. The van der Waals surface area contributed by atoms with E-state index in [0.29, 0.717) is 26.1 Å². The van der Waals surface area contributed by atoms with Crippen LogP contribution in [0.3, 0.4) is 0 Å². The van der Waals surface area contributed by atoms with Gasteiger partial charge in [0.1, 0.15) is 6.04 Å². The summed E-state index contributed by atoms with van der Waals surface area (Å²) in [7, 11) is -3.33. The van der Waals surface area contributed by atoms with Crippen LogP contribution in [-0.2, 0) is 20.6 Å². The number of sulfonamides is 1. The molecule has 7 heteroatoms. The molecule has 2 aliphatic heterocycles. The van der Waals surface area contributed by atoms with Crippen molar-refractivity contribution in [2.75, 3.05) is 19.6 Å². The molecule has 1 spiro atoms. The summed E-state index contributed by atoms with van der Waals surface area (Å²) in [4.78, 5) is 11.1. The molecule has 6 nitrogen and oxygen atoms in total. The fraction of sp³-hybridized carbons (Fsp3) is 0.588. The van der Waals surface area contributed by atoms with Gasteiger partial charge < -0.3 is 10.4 Å². The molecule has 0 aromatic heterocycles. The van der Waals surface area contributed by atoms with Crippen LogP contribution >= 0.6 is 0 Å². The van der Waals surface area contributed by atoms with Crippen LogP contribution in [0.1, 0.15) is 30.4 Å². The number of nitrogens with one attached hydrogen (secondary N) is 1. The van der Waals surface area contributed by atoms with Crippen LogP contribution in [0.5, 0.6) is 0 Å². The van der Waals surface area contributed by atoms with Gasteiger partial charge in [0.15, 0.2) is 0 Å². The van der Waals surface area contributed by atoms with Gasteiger partial charge >= 0.3 is 5.97 Å². The molecule has 0 unspecified atom stereocenters. The van der Waals surface area contributed by atoms with E-state index in [4.69, 9.17) is 5.11 Å². The summed E-state index contributed by atoms with van der Waals surface area (Å²) in [5.74, 6) is -0.793. The van der Waals surface area contributed by atoms with Crippen molar-refractivity contribution >= 4 is 16.0 Å². The third-order valence-electron chi connectivity index (χ3n) is 5.27. The minimum atomic E-state index is -3.33. The smallest absolute Gasteiger partial charge is 0.320 e. The number of piperidine rings is 1. The van der Waals surface area contributed by atoms with Gasteiger partial charge in [0.25, 0.3) is 0 Å². The number of carboxylic acid groups (broad SMARTS) is 1. The molecule has 2 fully saturated rings. The number of aliphatic carboxylic acids is 1. The minimum Gasteiger partial charge on any atom is -0.480 e. The number of aryl methyl sites for hydroxylation is 1. The normalized spacial score (nSPS) is 24.3. The van der Waals surface area contributed by atoms with Gasteiger partial charge in [-0.1, -0.05) is 29.8 Å². The van der Waals surface area contributed by atoms with Crippen molar-refractivity contribution in [3.05, 3.63) is 35.4 Å². The predicted molar refractivity (Wildman–Crippen MR) is 91.1 cm³/mol. The molecule has 1 atom stereocenters. The maximum absolute atomic E-state index is 12.7. The molecule has 0 saturated carbocycles. The first-order valence-electron chi connectivity index (χ1n) is 8.29. The molecule has 0 aliphatic carbocycles. The van der Waals surface area contributed by atoms with E-state index in [-0.39, 0.29) is 11.2 Å². The van der Waals surface area contributed by atoms with Crippen LogP contribution in [0.15, 0.2) is 24.3 Å². The van der Waals surface area contributed by atoms with Gasteiger partial charge in [-0.25, -0.2) is 12.7 Å². The molecular weight excluding hydrogens is 328 g/mol. The first kappa shape index (κ1) is 17.4. The van der Waals surface area contributed by atoms with Crippen LogP contribution < -0.4 is 5.32 Å². The van der Waals surface area contributed by atoms with Crippen molar-refractivity contribution in [1.82, 2.24) is 9.62 Å². The van der Waals surface area contributed by atoms with E-state index in [1.807, 2.05) is 31.2 Å². The summed E-state index contributed by atoms with van der Waals surface area (Å²) in [5.41, 5.74) is 1.79. The molecule has 2 saturated heterocycles. The summed E-state index contributed by atoms with van der Waals surface area (Å²) >= 11 is 0. The molecule has 2 aliphatic rings. The zero-order valence-corrected chi connectivity index (χ0v) is 14.7. The lowest BCUT2D eigenvalue weighted by molar-refractivity contribution is -0.139. The maximum atomic E-state index is 12.7. The zero-order valence-electron chi connectivity index (χ0n) is 13.9. The highest BCUT2D eigenvalue weighted by atomic mass is 32.2. The highest BCUT2D eigenvalue weighted by molar-refractivity contribution is 7.88. The van der Waals surface area contributed by atoms with E-state index in [1.165, 1.54) is 0 Å². The molecule has 0 amide bonds. The van der Waals surface area contributed by atoms with Gasteiger partial charge in [0.2, 0.25) is 10.0 Å². The Morgan fingerprint density at radius 3 is 2.67 bits per heavy atom. The summed E-state index contributed by atoms with van der Waals surface area (Å²) in [6.07, 6.45) is 2.03. The van der Waals surface area contributed by atoms with E-state index in [1.54, 1.807) is 4.31 Å². The third-order valence-corrected chi connectivity index (χ3v) is 7.12. The molecule has 2 N–H and O–H groups in total. The number of hydrogen-bond donors (Lipinski definition) is 2. The number of nitrogens with zero attached hydrogens (tertiary/aromatic N) is 1. The van der Waals surface area contributed by atoms with Crippen LogP contribution in [0.2, 0.25) is 0 Å². The van der Waals surface area contributed by atoms with Gasteiger partial charge in [0, 0.05) is 19.6 Å². The molecule has 2 heterocycles. The molecule has 24 heavy (non-hydrogen) atoms. The van der Waals surface area contributed by atoms with Crippen molar-refractivity contribution in [2.45, 2.75) is 38.0 Å². The molecule has 1 aromatic carbocycles. The minimum absolute atomic E-state index is 0.0255. The third kappa shape index (κ3) is 3.63. The Hall–Kier alpha value is -1.44. The van der Waals surface area contributed by atoms with Gasteiger partial charge in [-0.2, -0.15) is 0 Å². The van der Waals surface area contributed by atoms with Crippen molar-refractivity contribution in [2.24, 2.45) is 5.41 Å². The lowest BCUT2D eigenvalue weighted by Crippen LogP contribution is -2.44. The highest BCUT2D eigenvalue weighted by Gasteiger charge is 2.45. The Balaban J connectivity index is 1.63. The van der Waals surface area contributed by atoms with Gasteiger partial charge in [-0.3, -0.25) is 4.79 Å². The topological polar surface area (TPSA) is 86.7 Å². The van der Waals surface area contributed by atoms with Crippen molar-refractivity contribution in [1.29, 1.82) is 0 Å². The average Bonchev–Trinajstić information content (AvgIpc) is 2.91. The van der Waals surface area contributed by atoms with Crippen molar-refractivity contribution in [3.8, 4) is 0 Å². The standard InChI is InChI=1S/C17H24N2O4S/c1-13-3-2-4-14(9-13)11-24(22,23)19-7-5-17(6-8-19)10-15(16(20)21)18-12-17/h2-4,9,15,18H,5-8,10-12H2,1H3,(H,20,21)/t15-/m1/s1. The maximum Gasteiger partial charge on any atom is 0.320 e. The average molecular weight is 352 g/mol. The SMILES string of the molecule is Cc1cccc(CS(=O)(=O)N2CCC3(CC2)CN[C@@H](C(=O)O)C3)c1. The summed E-state index contributed by atoms with van der Waals surface area (Å²) in [6.45, 7) is 3.56. The van der Waals surface area contributed by atoms with Crippen molar-refractivity contribution < 1.29 is 18.3 Å². The first-order chi connectivity index (χ1) is 11.3. The largest absolute Gasteiger partial charge is 0.480 e. The Bertz CT molecular complexity index is 724. The Morgan fingerprint density at radius 1 is 1.38 bits per heavy atom. The van der Waals surface area contributed by atoms with Crippen LogP contribution in [0.4, 0.5) is 0 Å². The first-order valence-corrected chi connectivity index (χ1v) is 9.90. The molecule has 3 rings (SSSR count). The number of carbonyl (C=O) groups is 1. The molecule has 0 radical (unpaired) electrons. The second kappa shape index (κ2) is 6.46. The van der Waals surface area contributed by atoms with E-state index >= 15 is 0 Å². The molecular formula is C17H24N2O4S. The van der Waals surface area contributed by atoms with Crippen molar-refractivity contribution in [3.63, 3.8) is 0 Å². The second-order valence-electron chi connectivity index (χ2n) is 7.12. The van der Waals surface area contributed by atoms with E-state index in [0.717, 1.165) is 24.0 Å². The molecule has 1 aromatic rings. The van der Waals surface area contributed by atoms with Crippen LogP contribution in [0.25, 0.3) is 0 Å². The van der Waals surface area contributed by atoms with E-state index in [2.05, 4.69) is 5.32 Å². The highest BCUT2D eigenvalue weighted by Crippen LogP contribution is 2.40. The quantitative estimate of drug-likeness (QED) is 0.854.